The average molecular weight is 327 g/mol. The molecule has 0 aliphatic carbocycles. The number of hydrogen-bond acceptors (Lipinski definition) is 4. The molecule has 3 rings (SSSR count). The first-order valence-corrected chi connectivity index (χ1v) is 7.20. The van der Waals surface area contributed by atoms with Crippen LogP contribution >= 0.6 is 0 Å². The van der Waals surface area contributed by atoms with Crippen LogP contribution < -0.4 is 15.2 Å². The fourth-order valence-electron chi connectivity index (χ4n) is 2.38. The van der Waals surface area contributed by atoms with E-state index in [-0.39, 0.29) is 24.0 Å². The van der Waals surface area contributed by atoms with Gasteiger partial charge in [0.1, 0.15) is 17.3 Å². The largest absolute Gasteiger partial charge is 0.483 e. The van der Waals surface area contributed by atoms with Crippen LogP contribution in [0, 0.1) is 12.7 Å². The Hall–Kier alpha value is -3.15. The van der Waals surface area contributed by atoms with Crippen LogP contribution in [-0.2, 0) is 4.79 Å². The van der Waals surface area contributed by atoms with E-state index >= 15 is 0 Å². The van der Waals surface area contributed by atoms with Gasteiger partial charge in [-0.15, -0.1) is 0 Å². The molecule has 0 unspecified atom stereocenters. The highest BCUT2D eigenvalue weighted by atomic mass is 19.1. The Kier molecular flexibility index (Phi) is 4.04. The van der Waals surface area contributed by atoms with E-state index in [0.717, 1.165) is 0 Å². The molecule has 0 aromatic heterocycles. The third-order valence-electron chi connectivity index (χ3n) is 3.57. The van der Waals surface area contributed by atoms with E-state index in [4.69, 9.17) is 15.2 Å². The maximum atomic E-state index is 13.0. The van der Waals surface area contributed by atoms with E-state index in [2.05, 4.69) is 0 Å². The van der Waals surface area contributed by atoms with Gasteiger partial charge in [0, 0.05) is 5.56 Å². The SMILES string of the molecule is Cc1c(OCC(N)=O)ccc2c1O/C(=C\c1ccc(F)cc1)C2=O. The molecule has 1 amide bonds. The predicted molar refractivity (Wildman–Crippen MR) is 85.2 cm³/mol. The minimum atomic E-state index is -0.594. The van der Waals surface area contributed by atoms with E-state index in [1.165, 1.54) is 12.1 Å². The number of primary amides is 1. The van der Waals surface area contributed by atoms with Gasteiger partial charge in [0.15, 0.2) is 12.4 Å². The number of carbonyl (C=O) groups is 2. The number of ether oxygens (including phenoxy) is 2. The molecule has 2 N–H and O–H groups in total. The summed E-state index contributed by atoms with van der Waals surface area (Å²) in [5.74, 6) is -0.265. The van der Waals surface area contributed by atoms with Crippen LogP contribution in [0.3, 0.4) is 0 Å². The highest BCUT2D eigenvalue weighted by Crippen LogP contribution is 2.39. The number of ketones is 1. The number of carbonyl (C=O) groups excluding carboxylic acids is 2. The molecule has 0 saturated heterocycles. The monoisotopic (exact) mass is 327 g/mol. The molecule has 1 heterocycles. The van der Waals surface area contributed by atoms with Gasteiger partial charge in [-0.05, 0) is 42.8 Å². The van der Waals surface area contributed by atoms with Crippen LogP contribution in [0.4, 0.5) is 4.39 Å². The van der Waals surface area contributed by atoms with Gasteiger partial charge in [-0.25, -0.2) is 4.39 Å². The summed E-state index contributed by atoms with van der Waals surface area (Å²) in [6.45, 7) is 1.47. The molecule has 2 aromatic carbocycles. The third-order valence-corrected chi connectivity index (χ3v) is 3.57. The van der Waals surface area contributed by atoms with Crippen LogP contribution in [0.1, 0.15) is 21.5 Å². The quantitative estimate of drug-likeness (QED) is 0.876. The van der Waals surface area contributed by atoms with Crippen molar-refractivity contribution in [2.75, 3.05) is 6.61 Å². The summed E-state index contributed by atoms with van der Waals surface area (Å²) >= 11 is 0. The smallest absolute Gasteiger partial charge is 0.255 e. The lowest BCUT2D eigenvalue weighted by molar-refractivity contribution is -0.119. The normalized spacial score (nSPS) is 14.4. The Bertz CT molecular complexity index is 856. The molecular weight excluding hydrogens is 313 g/mol. The molecule has 1 aliphatic heterocycles. The molecule has 24 heavy (non-hydrogen) atoms. The van der Waals surface area contributed by atoms with Crippen molar-refractivity contribution in [3.05, 3.63) is 64.7 Å². The molecule has 0 bridgehead atoms. The number of hydrogen-bond donors (Lipinski definition) is 1. The Morgan fingerprint density at radius 1 is 1.25 bits per heavy atom. The second kappa shape index (κ2) is 6.16. The molecule has 2 aromatic rings. The minimum absolute atomic E-state index is 0.145. The van der Waals surface area contributed by atoms with Crippen molar-refractivity contribution in [1.29, 1.82) is 0 Å². The molecule has 0 spiro atoms. The molecule has 0 saturated carbocycles. The van der Waals surface area contributed by atoms with E-state index in [1.54, 1.807) is 37.3 Å². The standard InChI is InChI=1S/C18H14FNO4/c1-10-14(23-9-16(20)21)7-6-13-17(22)15(24-18(10)13)8-11-2-4-12(19)5-3-11/h2-8H,9H2,1H3,(H2,20,21)/b15-8-. The number of halogens is 1. The third kappa shape index (κ3) is 2.99. The zero-order chi connectivity index (χ0) is 17.3. The van der Waals surface area contributed by atoms with Gasteiger partial charge in [0.2, 0.25) is 5.78 Å². The van der Waals surface area contributed by atoms with Crippen molar-refractivity contribution in [1.82, 2.24) is 0 Å². The van der Waals surface area contributed by atoms with E-state index in [0.29, 0.717) is 28.2 Å². The van der Waals surface area contributed by atoms with Crippen molar-refractivity contribution in [3.63, 3.8) is 0 Å². The summed E-state index contributed by atoms with van der Waals surface area (Å²) in [4.78, 5) is 23.2. The van der Waals surface area contributed by atoms with Crippen LogP contribution in [0.15, 0.2) is 42.2 Å². The van der Waals surface area contributed by atoms with E-state index < -0.39 is 5.91 Å². The number of fused-ring (bicyclic) bond motifs is 1. The first-order chi connectivity index (χ1) is 11.5. The van der Waals surface area contributed by atoms with Gasteiger partial charge in [-0.2, -0.15) is 0 Å². The topological polar surface area (TPSA) is 78.6 Å². The average Bonchev–Trinajstić information content (AvgIpc) is 2.86. The van der Waals surface area contributed by atoms with E-state index in [1.807, 2.05) is 0 Å². The summed E-state index contributed by atoms with van der Waals surface area (Å²) in [5.41, 5.74) is 6.72. The van der Waals surface area contributed by atoms with Crippen molar-refractivity contribution < 1.29 is 23.5 Å². The van der Waals surface area contributed by atoms with Crippen molar-refractivity contribution in [2.45, 2.75) is 6.92 Å². The number of rotatable bonds is 4. The maximum absolute atomic E-state index is 13.0. The van der Waals surface area contributed by atoms with E-state index in [9.17, 15) is 14.0 Å². The van der Waals surface area contributed by atoms with Crippen LogP contribution in [0.25, 0.3) is 6.08 Å². The summed E-state index contributed by atoms with van der Waals surface area (Å²) in [5, 5.41) is 0. The molecule has 0 fully saturated rings. The summed E-state index contributed by atoms with van der Waals surface area (Å²) in [6.07, 6.45) is 1.55. The van der Waals surface area contributed by atoms with Gasteiger partial charge >= 0.3 is 0 Å². The van der Waals surface area contributed by atoms with Crippen LogP contribution in [0.5, 0.6) is 11.5 Å². The number of nitrogens with two attached hydrogens (primary N) is 1. The molecule has 5 nitrogen and oxygen atoms in total. The van der Waals surface area contributed by atoms with Crippen LogP contribution in [-0.4, -0.2) is 18.3 Å². The van der Waals surface area contributed by atoms with Crippen molar-refractivity contribution >= 4 is 17.8 Å². The second-order valence-corrected chi connectivity index (χ2v) is 5.31. The molecular formula is C18H14FNO4. The van der Waals surface area contributed by atoms with Crippen molar-refractivity contribution in [3.8, 4) is 11.5 Å². The lowest BCUT2D eigenvalue weighted by Gasteiger charge is -2.09. The zero-order valence-corrected chi connectivity index (χ0v) is 12.8. The summed E-state index contributed by atoms with van der Waals surface area (Å²) in [6, 6.07) is 8.89. The predicted octanol–water partition coefficient (Wildman–Crippen LogP) is 2.61. The van der Waals surface area contributed by atoms with Gasteiger partial charge in [0.25, 0.3) is 5.91 Å². The molecule has 0 atom stereocenters. The van der Waals surface area contributed by atoms with Gasteiger partial charge in [-0.3, -0.25) is 9.59 Å². The highest BCUT2D eigenvalue weighted by Gasteiger charge is 2.30. The zero-order valence-electron chi connectivity index (χ0n) is 12.8. The number of benzene rings is 2. The second-order valence-electron chi connectivity index (χ2n) is 5.31. The van der Waals surface area contributed by atoms with Gasteiger partial charge in [0.05, 0.1) is 5.56 Å². The first kappa shape index (κ1) is 15.7. The minimum Gasteiger partial charge on any atom is -0.483 e. The molecule has 6 heteroatoms. The Morgan fingerprint density at radius 2 is 1.96 bits per heavy atom. The fourth-order valence-corrected chi connectivity index (χ4v) is 2.38. The molecule has 0 radical (unpaired) electrons. The number of amides is 1. The number of allylic oxidation sites excluding steroid dienone is 1. The summed E-state index contributed by atoms with van der Waals surface area (Å²) in [7, 11) is 0. The molecule has 1 aliphatic rings. The Morgan fingerprint density at radius 3 is 2.62 bits per heavy atom. The lowest BCUT2D eigenvalue weighted by Crippen LogP contribution is -2.20. The first-order valence-electron chi connectivity index (χ1n) is 7.20. The Balaban J connectivity index is 1.90. The maximum Gasteiger partial charge on any atom is 0.255 e. The highest BCUT2D eigenvalue weighted by molar-refractivity contribution is 6.14. The Labute approximate surface area is 137 Å². The van der Waals surface area contributed by atoms with Crippen molar-refractivity contribution in [2.24, 2.45) is 5.73 Å². The van der Waals surface area contributed by atoms with Crippen LogP contribution in [0.2, 0.25) is 0 Å². The van der Waals surface area contributed by atoms with Gasteiger partial charge < -0.3 is 15.2 Å². The summed E-state index contributed by atoms with van der Waals surface area (Å²) < 4.78 is 23.9. The number of Topliss-reactive ketones (excluding diaryl/α,β-unsaturated/α-hetero) is 1. The molecule has 122 valence electrons. The van der Waals surface area contributed by atoms with Gasteiger partial charge in [-0.1, -0.05) is 12.1 Å². The fraction of sp³-hybridized carbons (Fsp3) is 0.111. The lowest BCUT2D eigenvalue weighted by atomic mass is 10.1.